The molecule has 0 aliphatic carbocycles. The Morgan fingerprint density at radius 3 is 2.85 bits per heavy atom. The summed E-state index contributed by atoms with van der Waals surface area (Å²) < 4.78 is 31.8. The fourth-order valence-corrected chi connectivity index (χ4v) is 5.11. The smallest absolute Gasteiger partial charge is 0.306 e. The molecule has 3 rings (SSSR count). The normalized spacial score (nSPS) is 15.1. The molecule has 0 N–H and O–H groups in total. The molecule has 0 amide bonds. The Hall–Kier alpha value is -3.02. The maximum Gasteiger partial charge on any atom is 0.306 e. The highest BCUT2D eigenvalue weighted by molar-refractivity contribution is 9.10. The number of halogens is 2. The second-order valence-corrected chi connectivity index (χ2v) is 10.1. The summed E-state index contributed by atoms with van der Waals surface area (Å²) in [5.74, 6) is -0.325. The van der Waals surface area contributed by atoms with Crippen LogP contribution in [0.3, 0.4) is 0 Å². The highest BCUT2D eigenvalue weighted by atomic mass is 79.9. The third kappa shape index (κ3) is 6.52. The van der Waals surface area contributed by atoms with Crippen molar-refractivity contribution in [2.24, 2.45) is 4.40 Å². The van der Waals surface area contributed by atoms with Crippen molar-refractivity contribution >= 4 is 43.6 Å². The van der Waals surface area contributed by atoms with E-state index in [-0.39, 0.29) is 24.1 Å². The molecule has 0 spiro atoms. The van der Waals surface area contributed by atoms with Crippen molar-refractivity contribution < 1.29 is 18.7 Å². The number of carbonyl (C=O) groups excluding carboxylic acids is 1. The molecule has 5 nitrogen and oxygen atoms in total. The first kappa shape index (κ1) is 25.6. The zero-order chi connectivity index (χ0) is 24.7. The lowest BCUT2D eigenvalue weighted by Gasteiger charge is -2.16. The molecule has 1 aliphatic heterocycles. The van der Waals surface area contributed by atoms with Gasteiger partial charge in [0.15, 0.2) is 17.5 Å². The molecular weight excluding hydrogens is 519 g/mol. The van der Waals surface area contributed by atoms with Crippen LogP contribution in [-0.2, 0) is 16.0 Å². The number of hydrogen-bond donors (Lipinski definition) is 0. The molecule has 34 heavy (non-hydrogen) atoms. The fourth-order valence-electron chi connectivity index (χ4n) is 3.24. The number of allylic oxidation sites excluding steroid dienone is 3. The minimum atomic E-state index is -0.794. The number of nitriles is 1. The summed E-state index contributed by atoms with van der Waals surface area (Å²) in [4.78, 5) is 12.7. The molecule has 2 aromatic rings. The van der Waals surface area contributed by atoms with Crippen molar-refractivity contribution in [2.45, 2.75) is 33.1 Å². The summed E-state index contributed by atoms with van der Waals surface area (Å²) in [7, 11) is -0.794. The van der Waals surface area contributed by atoms with Gasteiger partial charge in [0.05, 0.1) is 16.1 Å². The molecule has 0 saturated heterocycles. The summed E-state index contributed by atoms with van der Waals surface area (Å²) >= 11 is 3.37. The lowest BCUT2D eigenvalue weighted by molar-refractivity contribution is -0.141. The first-order valence-electron chi connectivity index (χ1n) is 10.6. The molecule has 1 unspecified atom stereocenters. The Labute approximate surface area is 209 Å². The predicted octanol–water partition coefficient (Wildman–Crippen LogP) is 6.96. The van der Waals surface area contributed by atoms with Crippen LogP contribution in [0.15, 0.2) is 63.5 Å². The Kier molecular flexibility index (Phi) is 8.97. The van der Waals surface area contributed by atoms with Gasteiger partial charge in [-0.3, -0.25) is 4.79 Å². The van der Waals surface area contributed by atoms with Crippen LogP contribution in [0.2, 0.25) is 0 Å². The highest BCUT2D eigenvalue weighted by Crippen LogP contribution is 2.36. The van der Waals surface area contributed by atoms with Gasteiger partial charge >= 0.3 is 5.97 Å². The third-order valence-corrected chi connectivity index (χ3v) is 7.20. The van der Waals surface area contributed by atoms with Crippen LogP contribution in [0.1, 0.15) is 36.5 Å². The van der Waals surface area contributed by atoms with Crippen molar-refractivity contribution in [3.05, 3.63) is 81.6 Å². The van der Waals surface area contributed by atoms with Gasteiger partial charge in [0.2, 0.25) is 0 Å². The zero-order valence-corrected chi connectivity index (χ0v) is 21.3. The van der Waals surface area contributed by atoms with Gasteiger partial charge in [-0.2, -0.15) is 5.26 Å². The maximum absolute atomic E-state index is 15.6. The first-order valence-corrected chi connectivity index (χ1v) is 12.8. The van der Waals surface area contributed by atoms with Crippen LogP contribution in [-0.4, -0.2) is 23.0 Å². The number of ether oxygens (including phenoxy) is 2. The monoisotopic (exact) mass is 542 g/mol. The largest absolute Gasteiger partial charge is 0.453 e. The molecule has 176 valence electrons. The van der Waals surface area contributed by atoms with E-state index < -0.39 is 16.5 Å². The van der Waals surface area contributed by atoms with Crippen molar-refractivity contribution in [1.29, 1.82) is 5.26 Å². The molecule has 0 radical (unpaired) electrons. The van der Waals surface area contributed by atoms with E-state index in [2.05, 4.69) is 33.0 Å². The van der Waals surface area contributed by atoms with Gasteiger partial charge in [0.25, 0.3) is 0 Å². The van der Waals surface area contributed by atoms with E-state index >= 15 is 4.39 Å². The molecule has 0 fully saturated rings. The van der Waals surface area contributed by atoms with Crippen LogP contribution < -0.4 is 4.74 Å². The molecule has 0 bridgehead atoms. The minimum absolute atomic E-state index is 0.0279. The number of carbonyl (C=O) groups is 1. The van der Waals surface area contributed by atoms with Crippen LogP contribution in [0.4, 0.5) is 4.39 Å². The summed E-state index contributed by atoms with van der Waals surface area (Å²) in [5.41, 5.74) is 2.36. The fraction of sp³-hybridized carbons (Fsp3) is 0.231. The van der Waals surface area contributed by atoms with Crippen LogP contribution in [0.25, 0.3) is 0 Å². The zero-order valence-electron chi connectivity index (χ0n) is 18.9. The molecule has 0 saturated carbocycles. The van der Waals surface area contributed by atoms with E-state index in [1.54, 1.807) is 42.6 Å². The van der Waals surface area contributed by atoms with E-state index in [0.29, 0.717) is 39.8 Å². The average Bonchev–Trinajstić information content (AvgIpc) is 2.98. The molecule has 1 heterocycles. The summed E-state index contributed by atoms with van der Waals surface area (Å²) in [6.45, 7) is 7.85. The Bertz CT molecular complexity index is 1260. The SMILES string of the molecule is C=C1C=CC=NS(COC(=O)CCC)=C1Cc1ccc(Br)c(Oc2cc(C)cc(C#N)c2)c1F. The number of benzene rings is 2. The van der Waals surface area contributed by atoms with E-state index in [1.807, 2.05) is 19.9 Å². The van der Waals surface area contributed by atoms with Crippen LogP contribution in [0, 0.1) is 24.1 Å². The van der Waals surface area contributed by atoms with Crippen molar-refractivity contribution in [3.8, 4) is 17.6 Å². The second-order valence-electron chi connectivity index (χ2n) is 7.59. The topological polar surface area (TPSA) is 71.7 Å². The van der Waals surface area contributed by atoms with E-state index in [4.69, 9.17) is 9.47 Å². The molecule has 1 aliphatic rings. The minimum Gasteiger partial charge on any atom is -0.453 e. The van der Waals surface area contributed by atoms with Gasteiger partial charge in [-0.1, -0.05) is 25.6 Å². The number of esters is 1. The van der Waals surface area contributed by atoms with Gasteiger partial charge < -0.3 is 9.47 Å². The number of rotatable bonds is 8. The molecule has 8 heteroatoms. The number of aryl methyl sites for hydroxylation is 1. The molecule has 0 aromatic heterocycles. The molecular formula is C26H24BrFN2O3S. The van der Waals surface area contributed by atoms with Gasteiger partial charge in [0.1, 0.15) is 5.75 Å². The second kappa shape index (κ2) is 11.9. The van der Waals surface area contributed by atoms with E-state index in [1.165, 1.54) is 0 Å². The lowest BCUT2D eigenvalue weighted by Crippen LogP contribution is -2.11. The van der Waals surface area contributed by atoms with Crippen molar-refractivity contribution in [3.63, 3.8) is 0 Å². The Morgan fingerprint density at radius 1 is 1.32 bits per heavy atom. The van der Waals surface area contributed by atoms with Crippen LogP contribution in [0.5, 0.6) is 11.5 Å². The van der Waals surface area contributed by atoms with Gasteiger partial charge in [-0.25, -0.2) is 8.79 Å². The predicted molar refractivity (Wildman–Crippen MR) is 139 cm³/mol. The lowest BCUT2D eigenvalue weighted by atomic mass is 10.0. The number of hydrogen-bond acceptors (Lipinski definition) is 5. The maximum atomic E-state index is 15.6. The summed E-state index contributed by atoms with van der Waals surface area (Å²) in [5, 5.41) is 9.22. The molecule has 2 aromatic carbocycles. The van der Waals surface area contributed by atoms with E-state index in [0.717, 1.165) is 10.4 Å². The highest BCUT2D eigenvalue weighted by Gasteiger charge is 2.19. The quantitative estimate of drug-likeness (QED) is 0.205. The van der Waals surface area contributed by atoms with Crippen molar-refractivity contribution in [1.82, 2.24) is 0 Å². The Balaban J connectivity index is 1.94. The average molecular weight is 543 g/mol. The number of nitrogens with zero attached hydrogens (tertiary/aromatic N) is 2. The van der Waals surface area contributed by atoms with Gasteiger partial charge in [0, 0.05) is 23.9 Å². The standard InChI is InChI=1S/C26H24BrFN2O3S/c1-4-6-24(31)32-16-34-23(18(3)7-5-10-30-34)14-20-8-9-22(27)26(25(20)28)33-21-12-17(2)11-19(13-21)15-29/h5,7-13H,3-4,6,14,16H2,1-2H3. The third-order valence-electron chi connectivity index (χ3n) is 4.88. The van der Waals surface area contributed by atoms with E-state index in [9.17, 15) is 10.1 Å². The van der Waals surface area contributed by atoms with Crippen LogP contribution >= 0.6 is 26.6 Å². The van der Waals surface area contributed by atoms with Gasteiger partial charge in [-0.15, -0.1) is 0 Å². The Morgan fingerprint density at radius 2 is 2.12 bits per heavy atom. The van der Waals surface area contributed by atoms with Gasteiger partial charge in [-0.05, 0) is 87.0 Å². The summed E-state index contributed by atoms with van der Waals surface area (Å²) in [6, 6.07) is 10.5. The first-order chi connectivity index (χ1) is 16.3. The molecule has 1 atom stereocenters. The summed E-state index contributed by atoms with van der Waals surface area (Å²) in [6.07, 6.45) is 6.48. The van der Waals surface area contributed by atoms with Crippen molar-refractivity contribution in [2.75, 3.05) is 5.94 Å².